The SMILES string of the molecule is C1=Cc2ccccc2OC1.CN(C)c1ccc2nc3c(C(=O)O)cc(O)c(O)c3[o+]c2c1.[Cl-]. The number of carboxylic acid groups (broad SMARTS) is 1. The number of aromatic hydroxyl groups is 2. The van der Waals surface area contributed by atoms with Crippen molar-refractivity contribution < 1.29 is 41.7 Å². The highest BCUT2D eigenvalue weighted by Crippen LogP contribution is 2.37. The predicted molar refractivity (Wildman–Crippen MR) is 122 cm³/mol. The van der Waals surface area contributed by atoms with Crippen molar-refractivity contribution >= 4 is 39.9 Å². The van der Waals surface area contributed by atoms with Crippen LogP contribution >= 0.6 is 0 Å². The molecule has 2 heterocycles. The molecule has 0 bridgehead atoms. The molecule has 1 aliphatic heterocycles. The first-order valence-corrected chi connectivity index (χ1v) is 9.76. The Morgan fingerprint density at radius 1 is 1.12 bits per heavy atom. The monoisotopic (exact) mass is 468 g/mol. The third-order valence-electron chi connectivity index (χ3n) is 4.89. The van der Waals surface area contributed by atoms with Crippen LogP contribution in [0.3, 0.4) is 0 Å². The Kier molecular flexibility index (Phi) is 6.89. The maximum Gasteiger partial charge on any atom is 0.425 e. The van der Waals surface area contributed by atoms with Crippen LogP contribution in [0.15, 0.2) is 59.0 Å². The summed E-state index contributed by atoms with van der Waals surface area (Å²) < 4.78 is 10.9. The largest absolute Gasteiger partial charge is 1.00 e. The molecule has 1 aliphatic rings. The van der Waals surface area contributed by atoms with Crippen LogP contribution in [-0.2, 0) is 0 Å². The highest BCUT2D eigenvalue weighted by atomic mass is 35.5. The number of para-hydroxylation sites is 1. The molecule has 170 valence electrons. The van der Waals surface area contributed by atoms with Crippen LogP contribution in [0, 0.1) is 0 Å². The number of aromatic carboxylic acids is 1. The summed E-state index contributed by atoms with van der Waals surface area (Å²) in [7, 11) is 3.73. The average Bonchev–Trinajstić information content (AvgIpc) is 2.80. The number of fused-ring (bicyclic) bond motifs is 3. The molecule has 0 atom stereocenters. The molecule has 0 radical (unpaired) electrons. The van der Waals surface area contributed by atoms with Crippen LogP contribution in [0.5, 0.6) is 17.2 Å². The summed E-state index contributed by atoms with van der Waals surface area (Å²) in [4.78, 5) is 17.4. The summed E-state index contributed by atoms with van der Waals surface area (Å²) in [6, 6.07) is 14.2. The zero-order chi connectivity index (χ0) is 22.8. The van der Waals surface area contributed by atoms with E-state index in [-0.39, 0.29) is 29.1 Å². The van der Waals surface area contributed by atoms with Crippen molar-refractivity contribution in [3.8, 4) is 17.2 Å². The summed E-state index contributed by atoms with van der Waals surface area (Å²) in [5, 5.41) is 28.8. The molecule has 9 heteroatoms. The number of aromatic nitrogens is 1. The molecule has 4 aromatic rings. The van der Waals surface area contributed by atoms with Gasteiger partial charge < -0.3 is 37.4 Å². The third kappa shape index (κ3) is 4.75. The molecular formula is C24H21ClN2O6. The fourth-order valence-corrected chi connectivity index (χ4v) is 3.24. The van der Waals surface area contributed by atoms with Crippen molar-refractivity contribution in [3.05, 3.63) is 65.7 Å². The lowest BCUT2D eigenvalue weighted by molar-refractivity contribution is -0.0000243. The van der Waals surface area contributed by atoms with Gasteiger partial charge in [0.25, 0.3) is 5.75 Å². The van der Waals surface area contributed by atoms with E-state index < -0.39 is 17.5 Å². The molecule has 0 amide bonds. The number of nitrogens with zero attached hydrogens (tertiary/aromatic N) is 2. The summed E-state index contributed by atoms with van der Waals surface area (Å²) in [5.41, 5.74) is 2.42. The van der Waals surface area contributed by atoms with Crippen LogP contribution in [0.25, 0.3) is 28.3 Å². The summed E-state index contributed by atoms with van der Waals surface area (Å²) >= 11 is 0. The second-order valence-electron chi connectivity index (χ2n) is 7.29. The van der Waals surface area contributed by atoms with E-state index in [0.29, 0.717) is 17.7 Å². The van der Waals surface area contributed by atoms with Crippen molar-refractivity contribution in [3.63, 3.8) is 0 Å². The lowest BCUT2D eigenvalue weighted by atomic mass is 10.1. The Bertz CT molecular complexity index is 1370. The van der Waals surface area contributed by atoms with Crippen LogP contribution < -0.4 is 22.0 Å². The van der Waals surface area contributed by atoms with E-state index in [1.807, 2.05) is 55.4 Å². The van der Waals surface area contributed by atoms with Gasteiger partial charge in [-0.05, 0) is 24.3 Å². The standard InChI is InChI=1S/C15H12N2O5.C9H8O.ClH/c1-17(2)7-3-4-9-11(5-7)22-14-12(16-9)8(15(20)21)6-10(18)13(14)19;1-2-6-9-8(4-1)5-3-7-10-9;/h3-6H,1-2H3,(H2-,16,18,19,20,21);1-6H,7H2;1H. The molecule has 0 saturated heterocycles. The fourth-order valence-electron chi connectivity index (χ4n) is 3.24. The van der Waals surface area contributed by atoms with Crippen molar-refractivity contribution in [1.29, 1.82) is 0 Å². The second kappa shape index (κ2) is 9.62. The molecule has 8 nitrogen and oxygen atoms in total. The minimum absolute atomic E-state index is 0. The minimum Gasteiger partial charge on any atom is -1.00 e. The number of hydrogen-bond donors (Lipinski definition) is 3. The summed E-state index contributed by atoms with van der Waals surface area (Å²) in [5.74, 6) is -1.39. The number of benzene rings is 3. The van der Waals surface area contributed by atoms with E-state index in [4.69, 9.17) is 9.15 Å². The number of phenols is 2. The van der Waals surface area contributed by atoms with E-state index in [1.165, 1.54) is 5.56 Å². The molecule has 5 rings (SSSR count). The second-order valence-corrected chi connectivity index (χ2v) is 7.29. The van der Waals surface area contributed by atoms with Gasteiger partial charge in [-0.2, -0.15) is 4.42 Å². The third-order valence-corrected chi connectivity index (χ3v) is 4.89. The van der Waals surface area contributed by atoms with Crippen LogP contribution in [0.4, 0.5) is 5.69 Å². The lowest BCUT2D eigenvalue weighted by Gasteiger charge is -2.10. The molecule has 33 heavy (non-hydrogen) atoms. The van der Waals surface area contributed by atoms with E-state index in [0.717, 1.165) is 17.5 Å². The van der Waals surface area contributed by atoms with Crippen LogP contribution in [0.1, 0.15) is 15.9 Å². The van der Waals surface area contributed by atoms with E-state index >= 15 is 0 Å². The first-order valence-electron chi connectivity index (χ1n) is 9.76. The maximum atomic E-state index is 11.3. The Hall–Kier alpha value is -4.04. The normalized spacial score (nSPS) is 11.6. The first-order chi connectivity index (χ1) is 15.3. The van der Waals surface area contributed by atoms with Crippen LogP contribution in [0.2, 0.25) is 0 Å². The predicted octanol–water partition coefficient (Wildman–Crippen LogP) is 1.53. The zero-order valence-electron chi connectivity index (χ0n) is 17.8. The number of hydrogen-bond acceptors (Lipinski definition) is 6. The maximum absolute atomic E-state index is 11.3. The number of halogens is 1. The molecule has 0 fully saturated rings. The van der Waals surface area contributed by atoms with Gasteiger partial charge in [0.1, 0.15) is 12.4 Å². The van der Waals surface area contributed by atoms with Gasteiger partial charge in [-0.1, -0.05) is 24.3 Å². The molecular weight excluding hydrogens is 448 g/mol. The average molecular weight is 469 g/mol. The highest BCUT2D eigenvalue weighted by molar-refractivity contribution is 6.04. The molecule has 1 aromatic heterocycles. The smallest absolute Gasteiger partial charge is 0.425 e. The molecule has 0 unspecified atom stereocenters. The van der Waals surface area contributed by atoms with Gasteiger partial charge in [-0.3, -0.25) is 0 Å². The van der Waals surface area contributed by atoms with E-state index in [9.17, 15) is 20.1 Å². The quantitative estimate of drug-likeness (QED) is 0.230. The molecule has 0 spiro atoms. The van der Waals surface area contributed by atoms with Crippen molar-refractivity contribution in [2.24, 2.45) is 0 Å². The topological polar surface area (TPSA) is 114 Å². The van der Waals surface area contributed by atoms with Gasteiger partial charge in [0.15, 0.2) is 16.8 Å². The molecule has 3 N–H and O–H groups in total. The Morgan fingerprint density at radius 3 is 2.58 bits per heavy atom. The lowest BCUT2D eigenvalue weighted by Crippen LogP contribution is -3.00. The van der Waals surface area contributed by atoms with Crippen molar-refractivity contribution in [2.75, 3.05) is 25.6 Å². The number of carboxylic acids is 1. The Morgan fingerprint density at radius 2 is 1.88 bits per heavy atom. The zero-order valence-corrected chi connectivity index (χ0v) is 18.6. The number of phenolic OH excluding ortho intramolecular Hbond substituents is 2. The van der Waals surface area contributed by atoms with E-state index in [1.54, 1.807) is 12.1 Å². The summed E-state index contributed by atoms with van der Waals surface area (Å²) in [6.45, 7) is 0.705. The van der Waals surface area contributed by atoms with Crippen LogP contribution in [-0.4, -0.2) is 47.0 Å². The van der Waals surface area contributed by atoms with Gasteiger partial charge >= 0.3 is 17.1 Å². The number of anilines is 1. The van der Waals surface area contributed by atoms with Gasteiger partial charge in [-0.25, -0.2) is 9.78 Å². The number of ether oxygens (including phenoxy) is 1. The molecule has 0 aliphatic carbocycles. The van der Waals surface area contributed by atoms with Crippen molar-refractivity contribution in [2.45, 2.75) is 0 Å². The minimum atomic E-state index is -1.27. The van der Waals surface area contributed by atoms with Crippen molar-refractivity contribution in [1.82, 2.24) is 4.98 Å². The number of carbonyl (C=O) groups is 1. The number of rotatable bonds is 2. The Labute approximate surface area is 195 Å². The van der Waals surface area contributed by atoms with Gasteiger partial charge in [0.05, 0.1) is 11.6 Å². The fraction of sp³-hybridized carbons (Fsp3) is 0.125. The Balaban J connectivity index is 0.000000233. The first kappa shape index (κ1) is 23.6. The van der Waals surface area contributed by atoms with Gasteiger partial charge in [0, 0.05) is 31.4 Å². The van der Waals surface area contributed by atoms with E-state index in [2.05, 4.69) is 11.1 Å². The summed E-state index contributed by atoms with van der Waals surface area (Å²) in [6.07, 6.45) is 4.10. The molecule has 0 saturated carbocycles. The highest BCUT2D eigenvalue weighted by Gasteiger charge is 2.27. The molecule has 3 aromatic carbocycles. The van der Waals surface area contributed by atoms with Gasteiger partial charge in [0.2, 0.25) is 0 Å². The van der Waals surface area contributed by atoms with Gasteiger partial charge in [-0.15, -0.1) is 0 Å².